The van der Waals surface area contributed by atoms with Gasteiger partial charge in [-0.3, -0.25) is 0 Å². The van der Waals surface area contributed by atoms with Crippen molar-refractivity contribution in [3.63, 3.8) is 0 Å². The smallest absolute Gasteiger partial charge is 0.337 e. The summed E-state index contributed by atoms with van der Waals surface area (Å²) in [6, 6.07) is 4.87. The van der Waals surface area contributed by atoms with Crippen molar-refractivity contribution in [3.8, 4) is 11.3 Å². The van der Waals surface area contributed by atoms with Gasteiger partial charge in [-0.15, -0.1) is 5.10 Å². The molecule has 0 aliphatic heterocycles. The largest absolute Gasteiger partial charge is 0.478 e. The zero-order chi connectivity index (χ0) is 13.1. The maximum atomic E-state index is 11.0. The van der Waals surface area contributed by atoms with E-state index in [0.717, 1.165) is 24.2 Å². The van der Waals surface area contributed by atoms with Crippen LogP contribution in [0.2, 0.25) is 5.02 Å². The molecule has 1 aromatic heterocycles. The van der Waals surface area contributed by atoms with E-state index in [-0.39, 0.29) is 10.6 Å². The van der Waals surface area contributed by atoms with Crippen LogP contribution in [0, 0.1) is 0 Å². The third-order valence-electron chi connectivity index (χ3n) is 2.55. The first-order valence-corrected chi connectivity index (χ1v) is 5.93. The number of aromatic nitrogens is 3. The SMILES string of the molecule is CCCn1nncc1-c1ccc(Cl)c(C(=O)O)c1. The maximum Gasteiger partial charge on any atom is 0.337 e. The van der Waals surface area contributed by atoms with Crippen molar-refractivity contribution in [2.24, 2.45) is 0 Å². The molecule has 0 radical (unpaired) electrons. The van der Waals surface area contributed by atoms with Crippen molar-refractivity contribution >= 4 is 17.6 Å². The molecule has 0 aliphatic carbocycles. The topological polar surface area (TPSA) is 68.0 Å². The Labute approximate surface area is 109 Å². The molecule has 0 spiro atoms. The predicted molar refractivity (Wildman–Crippen MR) is 67.7 cm³/mol. The van der Waals surface area contributed by atoms with Gasteiger partial charge in [-0.1, -0.05) is 29.8 Å². The fourth-order valence-electron chi connectivity index (χ4n) is 1.71. The number of carboxylic acid groups (broad SMARTS) is 1. The first-order chi connectivity index (χ1) is 8.63. The van der Waals surface area contributed by atoms with Crippen LogP contribution in [0.4, 0.5) is 0 Å². The molecule has 0 saturated heterocycles. The van der Waals surface area contributed by atoms with E-state index in [1.54, 1.807) is 23.0 Å². The van der Waals surface area contributed by atoms with Gasteiger partial charge in [0.1, 0.15) is 0 Å². The fraction of sp³-hybridized carbons (Fsp3) is 0.250. The summed E-state index contributed by atoms with van der Waals surface area (Å²) in [5.74, 6) is -1.05. The molecule has 0 aliphatic rings. The fourth-order valence-corrected chi connectivity index (χ4v) is 1.91. The van der Waals surface area contributed by atoms with Crippen molar-refractivity contribution in [2.75, 3.05) is 0 Å². The van der Waals surface area contributed by atoms with Gasteiger partial charge in [-0.2, -0.15) is 0 Å². The Balaban J connectivity index is 2.47. The molecule has 1 heterocycles. The lowest BCUT2D eigenvalue weighted by atomic mass is 10.1. The molecule has 1 aromatic carbocycles. The minimum Gasteiger partial charge on any atom is -0.478 e. The Morgan fingerprint density at radius 2 is 2.28 bits per heavy atom. The minimum absolute atomic E-state index is 0.0819. The van der Waals surface area contributed by atoms with Crippen LogP contribution in [0.1, 0.15) is 23.7 Å². The van der Waals surface area contributed by atoms with E-state index in [2.05, 4.69) is 10.3 Å². The number of carboxylic acids is 1. The van der Waals surface area contributed by atoms with E-state index in [1.165, 1.54) is 6.07 Å². The average molecular weight is 266 g/mol. The molecule has 6 heteroatoms. The second-order valence-electron chi connectivity index (χ2n) is 3.84. The lowest BCUT2D eigenvalue weighted by Crippen LogP contribution is -2.03. The Morgan fingerprint density at radius 3 is 2.94 bits per heavy atom. The standard InChI is InChI=1S/C12H12ClN3O2/c1-2-5-16-11(7-14-15-16)8-3-4-10(13)9(6-8)12(17)18/h3-4,6-7H,2,5H2,1H3,(H,17,18). The molecule has 2 rings (SSSR count). The van der Waals surface area contributed by atoms with Crippen LogP contribution >= 0.6 is 11.6 Å². The zero-order valence-corrected chi connectivity index (χ0v) is 10.6. The highest BCUT2D eigenvalue weighted by Crippen LogP contribution is 2.24. The molecule has 94 valence electrons. The molecule has 5 nitrogen and oxygen atoms in total. The molecule has 0 amide bonds. The number of hydrogen-bond acceptors (Lipinski definition) is 3. The summed E-state index contributed by atoms with van der Waals surface area (Å²) in [4.78, 5) is 11.0. The van der Waals surface area contributed by atoms with Crippen molar-refractivity contribution in [1.29, 1.82) is 0 Å². The van der Waals surface area contributed by atoms with Crippen LogP contribution in [0.25, 0.3) is 11.3 Å². The highest BCUT2D eigenvalue weighted by atomic mass is 35.5. The molecule has 2 aromatic rings. The van der Waals surface area contributed by atoms with Crippen molar-refractivity contribution in [1.82, 2.24) is 15.0 Å². The van der Waals surface area contributed by atoms with Crippen LogP contribution in [0.3, 0.4) is 0 Å². The third kappa shape index (κ3) is 2.36. The van der Waals surface area contributed by atoms with Crippen LogP contribution < -0.4 is 0 Å². The van der Waals surface area contributed by atoms with Gasteiger partial charge < -0.3 is 5.11 Å². The molecule has 0 bridgehead atoms. The van der Waals surface area contributed by atoms with E-state index in [4.69, 9.17) is 16.7 Å². The number of halogens is 1. The summed E-state index contributed by atoms with van der Waals surface area (Å²) >= 11 is 5.83. The minimum atomic E-state index is -1.05. The van der Waals surface area contributed by atoms with Crippen LogP contribution in [0.5, 0.6) is 0 Å². The van der Waals surface area contributed by atoms with Gasteiger partial charge in [0.15, 0.2) is 0 Å². The number of aromatic carboxylic acids is 1. The predicted octanol–water partition coefficient (Wildman–Crippen LogP) is 2.71. The zero-order valence-electron chi connectivity index (χ0n) is 9.80. The number of rotatable bonds is 4. The Kier molecular flexibility index (Phi) is 3.62. The number of nitrogens with zero attached hydrogens (tertiary/aromatic N) is 3. The second kappa shape index (κ2) is 5.18. The van der Waals surface area contributed by atoms with Gasteiger partial charge in [0.25, 0.3) is 0 Å². The van der Waals surface area contributed by atoms with Crippen molar-refractivity contribution in [3.05, 3.63) is 35.0 Å². The first kappa shape index (κ1) is 12.6. The van der Waals surface area contributed by atoms with Crippen LogP contribution in [-0.2, 0) is 6.54 Å². The summed E-state index contributed by atoms with van der Waals surface area (Å²) in [7, 11) is 0. The summed E-state index contributed by atoms with van der Waals surface area (Å²) in [6.45, 7) is 2.77. The normalized spacial score (nSPS) is 10.6. The van der Waals surface area contributed by atoms with Gasteiger partial charge >= 0.3 is 5.97 Å². The van der Waals surface area contributed by atoms with Crippen LogP contribution in [-0.4, -0.2) is 26.1 Å². The van der Waals surface area contributed by atoms with Crippen LogP contribution in [0.15, 0.2) is 24.4 Å². The third-order valence-corrected chi connectivity index (χ3v) is 2.88. The maximum absolute atomic E-state index is 11.0. The number of aryl methyl sites for hydroxylation is 1. The summed E-state index contributed by atoms with van der Waals surface area (Å²) < 4.78 is 1.74. The first-order valence-electron chi connectivity index (χ1n) is 5.55. The highest BCUT2D eigenvalue weighted by molar-refractivity contribution is 6.33. The molecular weight excluding hydrogens is 254 g/mol. The number of carbonyl (C=O) groups is 1. The Hall–Kier alpha value is -1.88. The van der Waals surface area contributed by atoms with E-state index < -0.39 is 5.97 Å². The lowest BCUT2D eigenvalue weighted by Gasteiger charge is -2.06. The van der Waals surface area contributed by atoms with Crippen molar-refractivity contribution in [2.45, 2.75) is 19.9 Å². The molecule has 0 saturated carbocycles. The quantitative estimate of drug-likeness (QED) is 0.923. The summed E-state index contributed by atoms with van der Waals surface area (Å²) in [5, 5.41) is 17.1. The molecule has 1 N–H and O–H groups in total. The number of hydrogen-bond donors (Lipinski definition) is 1. The molecule has 0 atom stereocenters. The Bertz CT molecular complexity index is 580. The van der Waals surface area contributed by atoms with Crippen molar-refractivity contribution < 1.29 is 9.90 Å². The van der Waals surface area contributed by atoms with E-state index in [9.17, 15) is 4.79 Å². The van der Waals surface area contributed by atoms with Gasteiger partial charge in [-0.25, -0.2) is 9.48 Å². The van der Waals surface area contributed by atoms with Gasteiger partial charge in [0.05, 0.1) is 22.5 Å². The average Bonchev–Trinajstić information content (AvgIpc) is 2.78. The molecule has 18 heavy (non-hydrogen) atoms. The van der Waals surface area contributed by atoms with E-state index in [1.807, 2.05) is 6.92 Å². The monoisotopic (exact) mass is 265 g/mol. The molecular formula is C12H12ClN3O2. The van der Waals surface area contributed by atoms with Gasteiger partial charge in [0.2, 0.25) is 0 Å². The summed E-state index contributed by atoms with van der Waals surface area (Å²) in [5.41, 5.74) is 1.62. The second-order valence-corrected chi connectivity index (χ2v) is 4.25. The van der Waals surface area contributed by atoms with E-state index in [0.29, 0.717) is 0 Å². The van der Waals surface area contributed by atoms with Gasteiger partial charge in [-0.05, 0) is 18.6 Å². The lowest BCUT2D eigenvalue weighted by molar-refractivity contribution is 0.0697. The number of benzene rings is 1. The molecule has 0 fully saturated rings. The highest BCUT2D eigenvalue weighted by Gasteiger charge is 2.12. The van der Waals surface area contributed by atoms with Gasteiger partial charge in [0, 0.05) is 12.1 Å². The summed E-state index contributed by atoms with van der Waals surface area (Å²) in [6.07, 6.45) is 2.54. The molecule has 0 unspecified atom stereocenters. The van der Waals surface area contributed by atoms with E-state index >= 15 is 0 Å². The Morgan fingerprint density at radius 1 is 1.50 bits per heavy atom.